The van der Waals surface area contributed by atoms with Gasteiger partial charge in [0.2, 0.25) is 0 Å². The third-order valence-electron chi connectivity index (χ3n) is 0.986. The predicted octanol–water partition coefficient (Wildman–Crippen LogP) is 2.28. The van der Waals surface area contributed by atoms with Crippen LogP contribution in [0.15, 0.2) is 6.20 Å². The van der Waals surface area contributed by atoms with E-state index in [4.69, 9.17) is 0 Å². The summed E-state index contributed by atoms with van der Waals surface area (Å²) < 4.78 is 0.933. The fourth-order valence-corrected chi connectivity index (χ4v) is 1.85. The Morgan fingerprint density at radius 3 is 2.90 bits per heavy atom. The van der Waals surface area contributed by atoms with Gasteiger partial charge in [-0.15, -0.1) is 11.3 Å². The molecule has 0 aliphatic rings. The van der Waals surface area contributed by atoms with Crippen LogP contribution in [-0.2, 0) is 4.43 Å². The van der Waals surface area contributed by atoms with Crippen molar-refractivity contribution in [2.45, 2.75) is 11.4 Å². The molecule has 0 saturated carbocycles. The van der Waals surface area contributed by atoms with Gasteiger partial charge in [0, 0.05) is 22.4 Å². The first-order valence-electron chi connectivity index (χ1n) is 2.75. The second kappa shape index (κ2) is 3.43. The average Bonchev–Trinajstić information content (AvgIpc) is 2.34. The maximum absolute atomic E-state index is 10.7. The molecule has 0 aliphatic carbocycles. The summed E-state index contributed by atoms with van der Waals surface area (Å²) >= 11 is 3.72. The number of thiazole rings is 1. The van der Waals surface area contributed by atoms with Gasteiger partial charge in [0.15, 0.2) is 10.8 Å². The summed E-state index contributed by atoms with van der Waals surface area (Å²) in [6, 6.07) is 0. The Kier molecular flexibility index (Phi) is 2.79. The van der Waals surface area contributed by atoms with Crippen LogP contribution < -0.4 is 0 Å². The number of ketones is 1. The highest BCUT2D eigenvalue weighted by Crippen LogP contribution is 2.15. The van der Waals surface area contributed by atoms with Crippen LogP contribution >= 0.6 is 33.9 Å². The Morgan fingerprint density at radius 1 is 1.90 bits per heavy atom. The molecule has 0 atom stereocenters. The molecule has 1 rings (SSSR count). The molecule has 1 aromatic heterocycles. The number of hydrogen-bond donors (Lipinski definition) is 0. The summed E-state index contributed by atoms with van der Waals surface area (Å²) in [6.07, 6.45) is 1.76. The van der Waals surface area contributed by atoms with Crippen LogP contribution in [0.2, 0.25) is 0 Å². The minimum atomic E-state index is 0.0566. The molecule has 1 heterocycles. The van der Waals surface area contributed by atoms with Gasteiger partial charge in [-0.05, 0) is 0 Å². The van der Waals surface area contributed by atoms with Gasteiger partial charge in [0.25, 0.3) is 0 Å². The third kappa shape index (κ3) is 1.76. The van der Waals surface area contributed by atoms with E-state index >= 15 is 0 Å². The van der Waals surface area contributed by atoms with Crippen molar-refractivity contribution in [1.29, 1.82) is 0 Å². The van der Waals surface area contributed by atoms with Crippen molar-refractivity contribution < 1.29 is 4.79 Å². The number of alkyl halides is 1. The van der Waals surface area contributed by atoms with Crippen molar-refractivity contribution in [2.24, 2.45) is 0 Å². The Labute approximate surface area is 76.8 Å². The average molecular weight is 267 g/mol. The Bertz CT molecular complexity index is 246. The smallest absolute Gasteiger partial charge is 0.188 e. The van der Waals surface area contributed by atoms with Crippen LogP contribution in [0.4, 0.5) is 0 Å². The van der Waals surface area contributed by atoms with Crippen LogP contribution in [0, 0.1) is 0 Å². The van der Waals surface area contributed by atoms with Crippen LogP contribution in [0.25, 0.3) is 0 Å². The molecule has 0 saturated heterocycles. The molecular formula is C6H6INOS. The number of aromatic nitrogens is 1. The summed E-state index contributed by atoms with van der Waals surface area (Å²) in [5, 5.41) is 0.617. The topological polar surface area (TPSA) is 30.0 Å². The number of rotatable bonds is 2. The molecule has 0 unspecified atom stereocenters. The van der Waals surface area contributed by atoms with E-state index in [2.05, 4.69) is 27.6 Å². The molecule has 54 valence electrons. The highest BCUT2D eigenvalue weighted by atomic mass is 127. The van der Waals surface area contributed by atoms with Crippen molar-refractivity contribution in [3.63, 3.8) is 0 Å². The lowest BCUT2D eigenvalue weighted by atomic mass is 10.5. The minimum absolute atomic E-state index is 0.0566. The number of carbonyl (C=O) groups is 1. The Hall–Kier alpha value is 0.0300. The lowest BCUT2D eigenvalue weighted by molar-refractivity contribution is 0.101. The summed E-state index contributed by atoms with van der Waals surface area (Å²) in [7, 11) is 0. The predicted molar refractivity (Wildman–Crippen MR) is 49.8 cm³/mol. The molecule has 0 bridgehead atoms. The number of halogens is 1. The highest BCUT2D eigenvalue weighted by molar-refractivity contribution is 14.1. The molecule has 0 spiro atoms. The van der Waals surface area contributed by atoms with E-state index in [0.29, 0.717) is 5.01 Å². The van der Waals surface area contributed by atoms with Gasteiger partial charge in [-0.1, -0.05) is 22.6 Å². The van der Waals surface area contributed by atoms with E-state index in [-0.39, 0.29) is 5.78 Å². The van der Waals surface area contributed by atoms with Crippen molar-refractivity contribution >= 4 is 39.7 Å². The summed E-state index contributed by atoms with van der Waals surface area (Å²) in [5.74, 6) is 0.0566. The van der Waals surface area contributed by atoms with Crippen molar-refractivity contribution in [3.05, 3.63) is 16.1 Å². The molecule has 0 fully saturated rings. The number of Topliss-reactive ketones (excluding diaryl/α,β-unsaturated/α-hetero) is 1. The molecule has 2 nitrogen and oxygen atoms in total. The van der Waals surface area contributed by atoms with E-state index in [0.717, 1.165) is 9.30 Å². The zero-order valence-corrected chi connectivity index (χ0v) is 8.40. The summed E-state index contributed by atoms with van der Waals surface area (Å²) in [6.45, 7) is 1.54. The zero-order valence-electron chi connectivity index (χ0n) is 5.43. The molecule has 0 amide bonds. The van der Waals surface area contributed by atoms with E-state index in [9.17, 15) is 4.79 Å². The van der Waals surface area contributed by atoms with E-state index in [1.54, 1.807) is 6.20 Å². The van der Waals surface area contributed by atoms with Gasteiger partial charge < -0.3 is 0 Å². The number of carbonyl (C=O) groups excluding carboxylic acids is 1. The Balaban J connectivity index is 2.88. The molecular weight excluding hydrogens is 261 g/mol. The molecule has 4 heteroatoms. The van der Waals surface area contributed by atoms with E-state index in [1.165, 1.54) is 18.3 Å². The molecule has 0 N–H and O–H groups in total. The fraction of sp³-hybridized carbons (Fsp3) is 0.333. The maximum Gasteiger partial charge on any atom is 0.188 e. The number of hydrogen-bond acceptors (Lipinski definition) is 3. The van der Waals surface area contributed by atoms with Gasteiger partial charge in [-0.25, -0.2) is 4.98 Å². The molecule has 0 aliphatic heterocycles. The third-order valence-corrected chi connectivity index (χ3v) is 3.42. The molecule has 10 heavy (non-hydrogen) atoms. The van der Waals surface area contributed by atoms with Gasteiger partial charge in [-0.3, -0.25) is 4.79 Å². The van der Waals surface area contributed by atoms with Crippen molar-refractivity contribution in [2.75, 3.05) is 0 Å². The summed E-state index contributed by atoms with van der Waals surface area (Å²) in [5.41, 5.74) is 0. The second-order valence-corrected chi connectivity index (χ2v) is 3.70. The first kappa shape index (κ1) is 8.13. The maximum atomic E-state index is 10.7. The normalized spacial score (nSPS) is 9.80. The van der Waals surface area contributed by atoms with Gasteiger partial charge >= 0.3 is 0 Å². The quantitative estimate of drug-likeness (QED) is 0.467. The van der Waals surface area contributed by atoms with Gasteiger partial charge in [-0.2, -0.15) is 0 Å². The van der Waals surface area contributed by atoms with Crippen LogP contribution in [0.5, 0.6) is 0 Å². The lowest BCUT2D eigenvalue weighted by Crippen LogP contribution is -1.87. The summed E-state index contributed by atoms with van der Waals surface area (Å²) in [4.78, 5) is 15.8. The standard InChI is InChI=1S/C6H6INOS/c1-4(9)6-8-3-5(2-7)10-6/h3H,2H2,1H3. The van der Waals surface area contributed by atoms with Crippen LogP contribution in [-0.4, -0.2) is 10.8 Å². The van der Waals surface area contributed by atoms with Gasteiger partial charge in [0.05, 0.1) is 0 Å². The van der Waals surface area contributed by atoms with Crippen LogP contribution in [0.1, 0.15) is 21.6 Å². The molecule has 0 aromatic carbocycles. The first-order chi connectivity index (χ1) is 4.74. The van der Waals surface area contributed by atoms with Crippen LogP contribution in [0.3, 0.4) is 0 Å². The van der Waals surface area contributed by atoms with E-state index in [1.807, 2.05) is 0 Å². The first-order valence-corrected chi connectivity index (χ1v) is 5.10. The Morgan fingerprint density at radius 2 is 2.60 bits per heavy atom. The van der Waals surface area contributed by atoms with Gasteiger partial charge in [0.1, 0.15) is 0 Å². The fourth-order valence-electron chi connectivity index (χ4n) is 0.532. The van der Waals surface area contributed by atoms with Crippen molar-refractivity contribution in [1.82, 2.24) is 4.98 Å². The number of nitrogens with zero attached hydrogens (tertiary/aromatic N) is 1. The zero-order chi connectivity index (χ0) is 7.56. The van der Waals surface area contributed by atoms with Crippen molar-refractivity contribution in [3.8, 4) is 0 Å². The second-order valence-electron chi connectivity index (χ2n) is 1.82. The SMILES string of the molecule is CC(=O)c1ncc(CI)s1. The lowest BCUT2D eigenvalue weighted by Gasteiger charge is -1.81. The molecule has 0 radical (unpaired) electrons. The largest absolute Gasteiger partial charge is 0.292 e. The minimum Gasteiger partial charge on any atom is -0.292 e. The molecule has 1 aromatic rings. The monoisotopic (exact) mass is 267 g/mol. The highest BCUT2D eigenvalue weighted by Gasteiger charge is 2.03. The van der Waals surface area contributed by atoms with E-state index < -0.39 is 0 Å².